The SMILES string of the molecule is CC(N)C(=O)N1CC2OCCN(C)C2C1. The topological polar surface area (TPSA) is 58.8 Å². The van der Waals surface area contributed by atoms with E-state index < -0.39 is 6.04 Å². The lowest BCUT2D eigenvalue weighted by molar-refractivity contribution is -0.131. The van der Waals surface area contributed by atoms with Crippen molar-refractivity contribution in [3.63, 3.8) is 0 Å². The Kier molecular flexibility index (Phi) is 2.95. The molecule has 2 aliphatic rings. The third-order valence-electron chi connectivity index (χ3n) is 3.28. The second-order valence-corrected chi connectivity index (χ2v) is 4.49. The number of rotatable bonds is 1. The molecule has 2 N–H and O–H groups in total. The fourth-order valence-corrected chi connectivity index (χ4v) is 2.33. The van der Waals surface area contributed by atoms with Crippen LogP contribution in [0.15, 0.2) is 0 Å². The van der Waals surface area contributed by atoms with Gasteiger partial charge in [-0.15, -0.1) is 0 Å². The zero-order chi connectivity index (χ0) is 11.0. The van der Waals surface area contributed by atoms with Crippen molar-refractivity contribution < 1.29 is 9.53 Å². The number of amides is 1. The minimum Gasteiger partial charge on any atom is -0.373 e. The molecule has 3 atom stereocenters. The average molecular weight is 213 g/mol. The Hall–Kier alpha value is -0.650. The molecule has 5 heteroatoms. The molecule has 0 aromatic heterocycles. The smallest absolute Gasteiger partial charge is 0.239 e. The molecule has 2 aliphatic heterocycles. The maximum Gasteiger partial charge on any atom is 0.239 e. The molecule has 0 bridgehead atoms. The minimum atomic E-state index is -0.407. The molecule has 2 saturated heterocycles. The molecule has 5 nitrogen and oxygen atoms in total. The first kappa shape index (κ1) is 10.9. The van der Waals surface area contributed by atoms with Gasteiger partial charge < -0.3 is 15.4 Å². The first-order valence-corrected chi connectivity index (χ1v) is 5.46. The number of fused-ring (bicyclic) bond motifs is 1. The summed E-state index contributed by atoms with van der Waals surface area (Å²) in [5, 5.41) is 0. The lowest BCUT2D eigenvalue weighted by atomic mass is 10.1. The highest BCUT2D eigenvalue weighted by molar-refractivity contribution is 5.81. The summed E-state index contributed by atoms with van der Waals surface area (Å²) in [6.45, 7) is 4.88. The van der Waals surface area contributed by atoms with Crippen molar-refractivity contribution in [1.29, 1.82) is 0 Å². The van der Waals surface area contributed by atoms with Crippen LogP contribution in [-0.4, -0.2) is 67.2 Å². The predicted molar refractivity (Wildman–Crippen MR) is 56.4 cm³/mol. The van der Waals surface area contributed by atoms with Crippen molar-refractivity contribution in [3.8, 4) is 0 Å². The van der Waals surface area contributed by atoms with Crippen LogP contribution in [-0.2, 0) is 9.53 Å². The van der Waals surface area contributed by atoms with E-state index in [0.29, 0.717) is 12.6 Å². The standard InChI is InChI=1S/C10H19N3O2/c1-7(11)10(14)13-5-8-9(6-13)15-4-3-12(8)2/h7-9H,3-6,11H2,1-2H3. The number of ether oxygens (including phenoxy) is 1. The molecule has 1 amide bonds. The van der Waals surface area contributed by atoms with E-state index in [-0.39, 0.29) is 12.0 Å². The number of nitrogens with two attached hydrogens (primary N) is 1. The van der Waals surface area contributed by atoms with Gasteiger partial charge in [-0.2, -0.15) is 0 Å². The Morgan fingerprint density at radius 2 is 2.27 bits per heavy atom. The Morgan fingerprint density at radius 1 is 1.53 bits per heavy atom. The van der Waals surface area contributed by atoms with Crippen LogP contribution in [0.25, 0.3) is 0 Å². The maximum absolute atomic E-state index is 11.7. The Balaban J connectivity index is 2.01. The average Bonchev–Trinajstić information content (AvgIpc) is 2.61. The summed E-state index contributed by atoms with van der Waals surface area (Å²) >= 11 is 0. The van der Waals surface area contributed by atoms with Gasteiger partial charge in [0, 0.05) is 19.6 Å². The van der Waals surface area contributed by atoms with Crippen LogP contribution >= 0.6 is 0 Å². The molecule has 0 aromatic rings. The van der Waals surface area contributed by atoms with Crippen molar-refractivity contribution >= 4 is 5.91 Å². The fraction of sp³-hybridized carbons (Fsp3) is 0.900. The van der Waals surface area contributed by atoms with Crippen LogP contribution in [0.3, 0.4) is 0 Å². The van der Waals surface area contributed by atoms with Gasteiger partial charge in [0.15, 0.2) is 0 Å². The van der Waals surface area contributed by atoms with Gasteiger partial charge in [0.2, 0.25) is 5.91 Å². The van der Waals surface area contributed by atoms with E-state index in [4.69, 9.17) is 10.5 Å². The first-order chi connectivity index (χ1) is 7.09. The third-order valence-corrected chi connectivity index (χ3v) is 3.28. The molecule has 2 fully saturated rings. The quantitative estimate of drug-likeness (QED) is 0.599. The number of hydrogen-bond acceptors (Lipinski definition) is 4. The van der Waals surface area contributed by atoms with Gasteiger partial charge >= 0.3 is 0 Å². The van der Waals surface area contributed by atoms with Crippen LogP contribution < -0.4 is 5.73 Å². The van der Waals surface area contributed by atoms with E-state index in [0.717, 1.165) is 19.7 Å². The van der Waals surface area contributed by atoms with Crippen LogP contribution in [0.1, 0.15) is 6.92 Å². The van der Waals surface area contributed by atoms with Gasteiger partial charge in [-0.05, 0) is 14.0 Å². The summed E-state index contributed by atoms with van der Waals surface area (Å²) in [5.41, 5.74) is 5.59. The first-order valence-electron chi connectivity index (χ1n) is 5.46. The van der Waals surface area contributed by atoms with Crippen LogP contribution in [0, 0.1) is 0 Å². The normalized spacial score (nSPS) is 33.9. The molecule has 0 saturated carbocycles. The van der Waals surface area contributed by atoms with Gasteiger partial charge in [-0.3, -0.25) is 9.69 Å². The number of likely N-dealkylation sites (tertiary alicyclic amines) is 1. The van der Waals surface area contributed by atoms with E-state index in [9.17, 15) is 4.79 Å². The molecular formula is C10H19N3O2. The Morgan fingerprint density at radius 3 is 2.87 bits per heavy atom. The summed E-state index contributed by atoms with van der Waals surface area (Å²) < 4.78 is 5.66. The second-order valence-electron chi connectivity index (χ2n) is 4.49. The van der Waals surface area contributed by atoms with E-state index >= 15 is 0 Å². The number of hydrogen-bond donors (Lipinski definition) is 1. The van der Waals surface area contributed by atoms with Gasteiger partial charge in [0.1, 0.15) is 0 Å². The van der Waals surface area contributed by atoms with Crippen molar-refractivity contribution in [1.82, 2.24) is 9.80 Å². The van der Waals surface area contributed by atoms with E-state index in [1.165, 1.54) is 0 Å². The van der Waals surface area contributed by atoms with Crippen LogP contribution in [0.5, 0.6) is 0 Å². The third kappa shape index (κ3) is 2.00. The number of morpholine rings is 1. The summed E-state index contributed by atoms with van der Waals surface area (Å²) in [6, 6.07) is -0.0584. The predicted octanol–water partition coefficient (Wildman–Crippen LogP) is -1.12. The fourth-order valence-electron chi connectivity index (χ4n) is 2.33. The van der Waals surface area contributed by atoms with E-state index in [2.05, 4.69) is 11.9 Å². The molecule has 2 rings (SSSR count). The molecule has 0 aromatic carbocycles. The van der Waals surface area contributed by atoms with Crippen molar-refractivity contribution in [2.45, 2.75) is 25.1 Å². The summed E-state index contributed by atoms with van der Waals surface area (Å²) in [6.07, 6.45) is 0.173. The zero-order valence-electron chi connectivity index (χ0n) is 9.35. The van der Waals surface area contributed by atoms with Gasteiger partial charge in [-0.25, -0.2) is 0 Å². The van der Waals surface area contributed by atoms with E-state index in [1.807, 2.05) is 4.90 Å². The molecule has 3 unspecified atom stereocenters. The van der Waals surface area contributed by atoms with Crippen molar-refractivity contribution in [2.24, 2.45) is 5.73 Å². The highest BCUT2D eigenvalue weighted by atomic mass is 16.5. The summed E-state index contributed by atoms with van der Waals surface area (Å²) in [7, 11) is 2.08. The molecule has 2 heterocycles. The molecule has 0 aliphatic carbocycles. The van der Waals surface area contributed by atoms with Gasteiger partial charge in [0.05, 0.1) is 24.8 Å². The number of likely N-dealkylation sites (N-methyl/N-ethyl adjacent to an activating group) is 1. The minimum absolute atomic E-state index is 0.0291. The van der Waals surface area contributed by atoms with E-state index in [1.54, 1.807) is 6.92 Å². The second kappa shape index (κ2) is 4.08. The molecule has 15 heavy (non-hydrogen) atoms. The largest absolute Gasteiger partial charge is 0.373 e. The highest BCUT2D eigenvalue weighted by Gasteiger charge is 2.40. The zero-order valence-corrected chi connectivity index (χ0v) is 9.35. The monoisotopic (exact) mass is 213 g/mol. The van der Waals surface area contributed by atoms with Crippen LogP contribution in [0.2, 0.25) is 0 Å². The highest BCUT2D eigenvalue weighted by Crippen LogP contribution is 2.21. The lowest BCUT2D eigenvalue weighted by Gasteiger charge is -2.33. The lowest BCUT2D eigenvalue weighted by Crippen LogP contribution is -2.48. The summed E-state index contributed by atoms with van der Waals surface area (Å²) in [4.78, 5) is 15.8. The molecule has 0 radical (unpaired) electrons. The number of carbonyl (C=O) groups excluding carboxylic acids is 1. The van der Waals surface area contributed by atoms with Crippen molar-refractivity contribution in [3.05, 3.63) is 0 Å². The Bertz CT molecular complexity index is 257. The van der Waals surface area contributed by atoms with Gasteiger partial charge in [0.25, 0.3) is 0 Å². The molecule has 0 spiro atoms. The van der Waals surface area contributed by atoms with Crippen molar-refractivity contribution in [2.75, 3.05) is 33.3 Å². The molecule has 86 valence electrons. The van der Waals surface area contributed by atoms with Crippen LogP contribution in [0.4, 0.5) is 0 Å². The number of nitrogens with zero attached hydrogens (tertiary/aromatic N) is 2. The number of carbonyl (C=O) groups is 1. The summed E-state index contributed by atoms with van der Waals surface area (Å²) in [5.74, 6) is 0.0291. The Labute approximate surface area is 90.1 Å². The molecular weight excluding hydrogens is 194 g/mol. The maximum atomic E-state index is 11.7. The van der Waals surface area contributed by atoms with Gasteiger partial charge in [-0.1, -0.05) is 0 Å².